The molecule has 0 aliphatic heterocycles. The van der Waals surface area contributed by atoms with Crippen molar-refractivity contribution in [1.82, 2.24) is 29.5 Å². The summed E-state index contributed by atoms with van der Waals surface area (Å²) in [5.41, 5.74) is 5.72. The number of para-hydroxylation sites is 2. The molecule has 7 rings (SSSR count). The van der Waals surface area contributed by atoms with Gasteiger partial charge in [-0.3, -0.25) is 0 Å². The zero-order valence-electron chi connectivity index (χ0n) is 26.9. The normalized spacial score (nSPS) is 11.1. The van der Waals surface area contributed by atoms with Crippen molar-refractivity contribution in [3.05, 3.63) is 165 Å². The van der Waals surface area contributed by atoms with Gasteiger partial charge < -0.3 is 15.7 Å². The van der Waals surface area contributed by atoms with Gasteiger partial charge in [-0.05, 0) is 67.9 Å². The van der Waals surface area contributed by atoms with Gasteiger partial charge in [-0.1, -0.05) is 83.9 Å². The molecule has 0 aliphatic rings. The van der Waals surface area contributed by atoms with Crippen LogP contribution in [0, 0.1) is 13.8 Å². The highest BCUT2D eigenvalue weighted by molar-refractivity contribution is 6.31. The molecule has 0 aliphatic carbocycles. The van der Waals surface area contributed by atoms with Crippen LogP contribution in [0.15, 0.2) is 121 Å². The number of carbonyl (C=O) groups is 1. The number of carboxylic acids is 1. The van der Waals surface area contributed by atoms with Crippen LogP contribution in [0.4, 0.5) is 23.3 Å². The third kappa shape index (κ3) is 6.80. The van der Waals surface area contributed by atoms with Crippen LogP contribution in [-0.4, -0.2) is 40.6 Å². The molecule has 50 heavy (non-hydrogen) atoms. The van der Waals surface area contributed by atoms with Gasteiger partial charge in [-0.25, -0.2) is 24.1 Å². The first-order valence-electron chi connectivity index (χ1n) is 15.7. The quantitative estimate of drug-likeness (QED) is 0.121. The molecule has 7 aromatic rings. The Hall–Kier alpha value is -5.97. The Kier molecular flexibility index (Phi) is 9.04. The Morgan fingerprint density at radius 2 is 1.08 bits per heavy atom. The third-order valence-corrected chi connectivity index (χ3v) is 8.65. The second kappa shape index (κ2) is 13.9. The molecule has 0 fully saturated rings. The first kappa shape index (κ1) is 32.6. The lowest BCUT2D eigenvalue weighted by molar-refractivity contribution is 0.0697. The number of aryl methyl sites for hydroxylation is 2. The summed E-state index contributed by atoms with van der Waals surface area (Å²) in [6, 6.07) is 37.5. The minimum atomic E-state index is -1.02. The van der Waals surface area contributed by atoms with Gasteiger partial charge in [0.15, 0.2) is 0 Å². The van der Waals surface area contributed by atoms with Gasteiger partial charge in [0.1, 0.15) is 33.6 Å². The molecule has 3 aromatic carbocycles. The van der Waals surface area contributed by atoms with Gasteiger partial charge in [0, 0.05) is 29.2 Å². The average Bonchev–Trinajstić information content (AvgIpc) is 3.68. The van der Waals surface area contributed by atoms with E-state index in [0.717, 1.165) is 40.0 Å². The fraction of sp³-hybridized carbons (Fsp3) is 0.0789. The van der Waals surface area contributed by atoms with Crippen LogP contribution in [0.25, 0.3) is 11.4 Å². The summed E-state index contributed by atoms with van der Waals surface area (Å²) in [4.78, 5) is 21.1. The molecule has 0 saturated carbocycles. The number of halogens is 2. The Morgan fingerprint density at radius 3 is 1.48 bits per heavy atom. The van der Waals surface area contributed by atoms with Crippen molar-refractivity contribution in [2.45, 2.75) is 19.8 Å². The van der Waals surface area contributed by atoms with E-state index in [0.29, 0.717) is 22.8 Å². The molecule has 0 bridgehead atoms. The second-order valence-corrected chi connectivity index (χ2v) is 12.3. The van der Waals surface area contributed by atoms with Crippen molar-refractivity contribution in [3.63, 3.8) is 0 Å². The average molecular weight is 702 g/mol. The number of carboxylic acid groups (broad SMARTS) is 1. The Morgan fingerprint density at radius 1 is 0.640 bits per heavy atom. The highest BCUT2D eigenvalue weighted by Gasteiger charge is 2.25. The van der Waals surface area contributed by atoms with Gasteiger partial charge in [0.2, 0.25) is 0 Å². The van der Waals surface area contributed by atoms with Crippen LogP contribution >= 0.6 is 23.2 Å². The molecule has 0 amide bonds. The number of nitrogens with one attached hydrogen (secondary N) is 2. The third-order valence-electron chi connectivity index (χ3n) is 8.04. The van der Waals surface area contributed by atoms with Crippen LogP contribution in [0.5, 0.6) is 0 Å². The Balaban J connectivity index is 1.23. The van der Waals surface area contributed by atoms with E-state index in [1.165, 1.54) is 0 Å². The first-order valence-corrected chi connectivity index (χ1v) is 16.4. The number of benzene rings is 3. The number of pyridine rings is 2. The molecule has 3 N–H and O–H groups in total. The second-order valence-electron chi connectivity index (χ2n) is 11.6. The molecule has 0 unspecified atom stereocenters. The standard InChI is InChI=1S/C38H30Cl2N8O2/c1-23-21-33(47(45-23)27-9-5-3-6-10-27)41-31-19-17-29(36(39)43-31)35(25-13-15-26(16-14-25)38(49)50)30-18-20-32(44-37(30)40)42-34-22-24(2)46-48(34)28-11-7-4-8-12-28/h3-22,35H,1-2H3,(H,41,43)(H,42,44)(H,49,50). The molecule has 0 atom stereocenters. The van der Waals surface area contributed by atoms with Gasteiger partial charge in [-0.15, -0.1) is 0 Å². The zero-order chi connectivity index (χ0) is 34.8. The predicted octanol–water partition coefficient (Wildman–Crippen LogP) is 9.14. The number of nitrogens with zero attached hydrogens (tertiary/aromatic N) is 6. The number of hydrogen-bond acceptors (Lipinski definition) is 7. The van der Waals surface area contributed by atoms with Crippen LogP contribution in [0.3, 0.4) is 0 Å². The molecule has 248 valence electrons. The monoisotopic (exact) mass is 700 g/mol. The van der Waals surface area contributed by atoms with Gasteiger partial charge >= 0.3 is 5.97 Å². The molecule has 0 spiro atoms. The van der Waals surface area contributed by atoms with E-state index in [4.69, 9.17) is 33.2 Å². The smallest absolute Gasteiger partial charge is 0.335 e. The molecule has 0 saturated heterocycles. The number of anilines is 4. The summed E-state index contributed by atoms with van der Waals surface area (Å²) in [6.07, 6.45) is 0. The molecule has 0 radical (unpaired) electrons. The SMILES string of the molecule is Cc1cc(Nc2ccc(C(c3ccc(C(=O)O)cc3)c3ccc(Nc4cc(C)nn4-c4ccccc4)nc3Cl)c(Cl)n2)n(-c2ccccc2)n1. The van der Waals surface area contributed by atoms with Crippen LogP contribution in [0.1, 0.15) is 44.4 Å². The largest absolute Gasteiger partial charge is 0.478 e. The number of rotatable bonds is 10. The summed E-state index contributed by atoms with van der Waals surface area (Å²) >= 11 is 13.9. The maximum Gasteiger partial charge on any atom is 0.335 e. The van der Waals surface area contributed by atoms with E-state index >= 15 is 0 Å². The van der Waals surface area contributed by atoms with Crippen LogP contribution in [-0.2, 0) is 0 Å². The maximum atomic E-state index is 11.6. The van der Waals surface area contributed by atoms with E-state index in [2.05, 4.69) is 20.8 Å². The van der Waals surface area contributed by atoms with Gasteiger partial charge in [0.05, 0.1) is 28.3 Å². The van der Waals surface area contributed by atoms with Crippen LogP contribution in [0.2, 0.25) is 10.3 Å². The fourth-order valence-electron chi connectivity index (χ4n) is 5.78. The van der Waals surface area contributed by atoms with Crippen LogP contribution < -0.4 is 10.6 Å². The summed E-state index contributed by atoms with van der Waals surface area (Å²) in [5.74, 6) is 0.952. The highest BCUT2D eigenvalue weighted by atomic mass is 35.5. The zero-order valence-corrected chi connectivity index (χ0v) is 28.4. The summed E-state index contributed by atoms with van der Waals surface area (Å²) in [6.45, 7) is 3.84. The van der Waals surface area contributed by atoms with Crippen molar-refractivity contribution in [2.75, 3.05) is 10.6 Å². The fourth-order valence-corrected chi connectivity index (χ4v) is 6.30. The van der Waals surface area contributed by atoms with Crippen molar-refractivity contribution < 1.29 is 9.90 Å². The Bertz CT molecular complexity index is 2170. The maximum absolute atomic E-state index is 11.6. The lowest BCUT2D eigenvalue weighted by Crippen LogP contribution is -2.09. The van der Waals surface area contributed by atoms with Gasteiger partial charge in [0.25, 0.3) is 0 Å². The molecule has 4 heterocycles. The van der Waals surface area contributed by atoms with Crippen molar-refractivity contribution in [2.24, 2.45) is 0 Å². The number of aromatic carboxylic acids is 1. The van der Waals surface area contributed by atoms with E-state index in [9.17, 15) is 9.90 Å². The summed E-state index contributed by atoms with van der Waals surface area (Å²) in [7, 11) is 0. The number of hydrogen-bond donors (Lipinski definition) is 3. The summed E-state index contributed by atoms with van der Waals surface area (Å²) in [5, 5.41) is 26.0. The minimum Gasteiger partial charge on any atom is -0.478 e. The lowest BCUT2D eigenvalue weighted by atomic mass is 9.86. The van der Waals surface area contributed by atoms with E-state index in [-0.39, 0.29) is 15.9 Å². The predicted molar refractivity (Wildman–Crippen MR) is 196 cm³/mol. The summed E-state index contributed by atoms with van der Waals surface area (Å²) < 4.78 is 3.61. The molecular formula is C38H30Cl2N8O2. The van der Waals surface area contributed by atoms with E-state index in [1.807, 2.05) is 111 Å². The van der Waals surface area contributed by atoms with Crippen molar-refractivity contribution >= 4 is 52.4 Å². The van der Waals surface area contributed by atoms with E-state index in [1.54, 1.807) is 33.6 Å². The topological polar surface area (TPSA) is 123 Å². The minimum absolute atomic E-state index is 0.163. The molecule has 12 heteroatoms. The molecule has 10 nitrogen and oxygen atoms in total. The molecule has 4 aromatic heterocycles. The lowest BCUT2D eigenvalue weighted by Gasteiger charge is -2.22. The number of aromatic nitrogens is 6. The van der Waals surface area contributed by atoms with Crippen molar-refractivity contribution in [1.29, 1.82) is 0 Å². The Labute approximate surface area is 298 Å². The molecular weight excluding hydrogens is 671 g/mol. The van der Waals surface area contributed by atoms with Gasteiger partial charge in [-0.2, -0.15) is 10.2 Å². The highest BCUT2D eigenvalue weighted by Crippen LogP contribution is 2.39. The van der Waals surface area contributed by atoms with Crippen molar-refractivity contribution in [3.8, 4) is 11.4 Å². The van der Waals surface area contributed by atoms with E-state index < -0.39 is 11.9 Å². The first-order chi connectivity index (χ1) is 24.2.